The molecule has 2 rings (SSSR count). The summed E-state index contributed by atoms with van der Waals surface area (Å²) in [6, 6.07) is 7.25. The molecule has 2 aromatic rings. The van der Waals surface area contributed by atoms with Gasteiger partial charge in [-0.15, -0.1) is 0 Å². The molecule has 2 amide bonds. The second-order valence-electron chi connectivity index (χ2n) is 6.05. The van der Waals surface area contributed by atoms with Crippen LogP contribution >= 0.6 is 0 Å². The number of hydrogen-bond acceptors (Lipinski definition) is 6. The van der Waals surface area contributed by atoms with Gasteiger partial charge in [0.05, 0.1) is 11.6 Å². The van der Waals surface area contributed by atoms with E-state index in [9.17, 15) is 9.59 Å². The zero-order chi connectivity index (χ0) is 19.1. The average Bonchev–Trinajstić information content (AvgIpc) is 3.10. The molecule has 2 atom stereocenters. The van der Waals surface area contributed by atoms with E-state index in [1.165, 1.54) is 6.92 Å². The molecule has 0 fully saturated rings. The number of nitrogens with one attached hydrogen (secondary N) is 2. The van der Waals surface area contributed by atoms with Gasteiger partial charge < -0.3 is 15.2 Å². The van der Waals surface area contributed by atoms with Gasteiger partial charge in [-0.1, -0.05) is 25.1 Å². The van der Waals surface area contributed by atoms with Crippen LogP contribution in [0.15, 0.2) is 28.8 Å². The third-order valence-electron chi connectivity index (χ3n) is 3.86. The van der Waals surface area contributed by atoms with Gasteiger partial charge in [-0.3, -0.25) is 4.79 Å². The van der Waals surface area contributed by atoms with Crippen molar-refractivity contribution in [2.75, 3.05) is 5.32 Å². The molecule has 0 aliphatic carbocycles. The van der Waals surface area contributed by atoms with Crippen molar-refractivity contribution in [1.29, 1.82) is 5.26 Å². The predicted molar refractivity (Wildman–Crippen MR) is 94.4 cm³/mol. The van der Waals surface area contributed by atoms with Crippen LogP contribution in [0.25, 0.3) is 0 Å². The Balaban J connectivity index is 2.11. The number of nitrogens with zero attached hydrogens (tertiary/aromatic N) is 3. The standard InChI is InChI=1S/C18H21N5O3/c1-4-11(2)16-22-17(26-23-16)15(8-12(3)24)21-18(25)20-14-7-5-6-13(9-14)10-19/h5-7,9,11,15H,4,8H2,1-3H3,(H2,20,21,25)/t11-,15-/m0/s1. The van der Waals surface area contributed by atoms with Crippen LogP contribution in [0.4, 0.5) is 10.5 Å². The zero-order valence-corrected chi connectivity index (χ0v) is 14.9. The number of benzene rings is 1. The van der Waals surface area contributed by atoms with E-state index in [0.29, 0.717) is 17.1 Å². The molecule has 0 saturated heterocycles. The van der Waals surface area contributed by atoms with E-state index < -0.39 is 12.1 Å². The first-order valence-corrected chi connectivity index (χ1v) is 8.33. The highest BCUT2D eigenvalue weighted by Crippen LogP contribution is 2.20. The van der Waals surface area contributed by atoms with E-state index in [4.69, 9.17) is 9.78 Å². The van der Waals surface area contributed by atoms with Gasteiger partial charge in [-0.25, -0.2) is 4.79 Å². The molecular formula is C18H21N5O3. The number of nitriles is 1. The lowest BCUT2D eigenvalue weighted by atomic mass is 10.1. The van der Waals surface area contributed by atoms with Gasteiger partial charge in [0.15, 0.2) is 5.82 Å². The number of urea groups is 1. The molecule has 0 unspecified atom stereocenters. The van der Waals surface area contributed by atoms with Gasteiger partial charge in [-0.2, -0.15) is 10.2 Å². The zero-order valence-electron chi connectivity index (χ0n) is 14.9. The number of Topliss-reactive ketones (excluding diaryl/α,β-unsaturated/α-hetero) is 1. The van der Waals surface area contributed by atoms with E-state index in [2.05, 4.69) is 20.8 Å². The van der Waals surface area contributed by atoms with Gasteiger partial charge in [0.25, 0.3) is 0 Å². The average molecular weight is 355 g/mol. The molecule has 0 spiro atoms. The fraction of sp³-hybridized carbons (Fsp3) is 0.389. The lowest BCUT2D eigenvalue weighted by Crippen LogP contribution is -2.33. The maximum atomic E-state index is 12.3. The largest absolute Gasteiger partial charge is 0.337 e. The van der Waals surface area contributed by atoms with Gasteiger partial charge in [0.1, 0.15) is 11.8 Å². The van der Waals surface area contributed by atoms with E-state index >= 15 is 0 Å². The summed E-state index contributed by atoms with van der Waals surface area (Å²) in [4.78, 5) is 28.1. The fourth-order valence-corrected chi connectivity index (χ4v) is 2.25. The van der Waals surface area contributed by atoms with Crippen molar-refractivity contribution >= 4 is 17.5 Å². The third-order valence-corrected chi connectivity index (χ3v) is 3.86. The van der Waals surface area contributed by atoms with Crippen LogP contribution in [0.5, 0.6) is 0 Å². The van der Waals surface area contributed by atoms with E-state index in [1.54, 1.807) is 24.3 Å². The Morgan fingerprint density at radius 1 is 1.38 bits per heavy atom. The molecule has 136 valence electrons. The number of hydrogen-bond donors (Lipinski definition) is 2. The molecule has 1 aromatic carbocycles. The summed E-state index contributed by atoms with van der Waals surface area (Å²) in [6.07, 6.45) is 0.882. The topological polar surface area (TPSA) is 121 Å². The van der Waals surface area contributed by atoms with Crippen LogP contribution in [0.2, 0.25) is 0 Å². The number of aromatic nitrogens is 2. The van der Waals surface area contributed by atoms with Crippen LogP contribution in [-0.2, 0) is 4.79 Å². The van der Waals surface area contributed by atoms with Crippen molar-refractivity contribution < 1.29 is 14.1 Å². The number of carbonyl (C=O) groups excluding carboxylic acids is 2. The maximum Gasteiger partial charge on any atom is 0.319 e. The van der Waals surface area contributed by atoms with Crippen molar-refractivity contribution in [2.24, 2.45) is 0 Å². The number of carbonyl (C=O) groups is 2. The minimum absolute atomic E-state index is 0.0355. The molecule has 0 radical (unpaired) electrons. The Hall–Kier alpha value is -3.21. The Morgan fingerprint density at radius 2 is 2.15 bits per heavy atom. The smallest absolute Gasteiger partial charge is 0.319 e. The minimum Gasteiger partial charge on any atom is -0.337 e. The summed E-state index contributed by atoms with van der Waals surface area (Å²) >= 11 is 0. The number of rotatable bonds is 7. The third kappa shape index (κ3) is 5.14. The molecule has 2 N–H and O–H groups in total. The first-order valence-electron chi connectivity index (χ1n) is 8.33. The maximum absolute atomic E-state index is 12.3. The summed E-state index contributed by atoms with van der Waals surface area (Å²) in [5.74, 6) is 0.731. The first-order chi connectivity index (χ1) is 12.4. The summed E-state index contributed by atoms with van der Waals surface area (Å²) < 4.78 is 5.24. The molecular weight excluding hydrogens is 334 g/mol. The quantitative estimate of drug-likeness (QED) is 0.786. The van der Waals surface area contributed by atoms with E-state index in [-0.39, 0.29) is 24.0 Å². The summed E-state index contributed by atoms with van der Waals surface area (Å²) in [6.45, 7) is 5.40. The fourth-order valence-electron chi connectivity index (χ4n) is 2.25. The predicted octanol–water partition coefficient (Wildman–Crippen LogP) is 3.30. The van der Waals surface area contributed by atoms with Crippen LogP contribution < -0.4 is 10.6 Å². The molecule has 8 heteroatoms. The minimum atomic E-state index is -0.725. The molecule has 0 aliphatic heterocycles. The van der Waals surface area contributed by atoms with Gasteiger partial charge in [0.2, 0.25) is 5.89 Å². The summed E-state index contributed by atoms with van der Waals surface area (Å²) in [5, 5.41) is 18.1. The number of anilines is 1. The van der Waals surface area contributed by atoms with Crippen LogP contribution in [-0.4, -0.2) is 22.0 Å². The van der Waals surface area contributed by atoms with Crippen LogP contribution in [0.3, 0.4) is 0 Å². The van der Waals surface area contributed by atoms with Crippen LogP contribution in [0.1, 0.15) is 62.9 Å². The van der Waals surface area contributed by atoms with Crippen molar-refractivity contribution in [3.8, 4) is 6.07 Å². The Morgan fingerprint density at radius 3 is 2.81 bits per heavy atom. The van der Waals surface area contributed by atoms with Gasteiger partial charge in [-0.05, 0) is 31.5 Å². The van der Waals surface area contributed by atoms with Crippen molar-refractivity contribution in [3.05, 3.63) is 41.5 Å². The van der Waals surface area contributed by atoms with Crippen molar-refractivity contribution in [2.45, 2.75) is 45.6 Å². The Kier molecular flexibility index (Phi) is 6.44. The van der Waals surface area contributed by atoms with Crippen molar-refractivity contribution in [3.63, 3.8) is 0 Å². The molecule has 1 heterocycles. The van der Waals surface area contributed by atoms with Crippen molar-refractivity contribution in [1.82, 2.24) is 15.5 Å². The second kappa shape index (κ2) is 8.76. The molecule has 1 aromatic heterocycles. The number of ketones is 1. The lowest BCUT2D eigenvalue weighted by Gasteiger charge is -2.14. The summed E-state index contributed by atoms with van der Waals surface area (Å²) in [7, 11) is 0. The van der Waals surface area contributed by atoms with E-state index in [1.807, 2.05) is 19.9 Å². The molecule has 0 bridgehead atoms. The van der Waals surface area contributed by atoms with Gasteiger partial charge >= 0.3 is 6.03 Å². The normalized spacial score (nSPS) is 12.7. The molecule has 0 aliphatic rings. The monoisotopic (exact) mass is 355 g/mol. The SMILES string of the molecule is CC[C@H](C)c1noc([C@H](CC(C)=O)NC(=O)Nc2cccc(C#N)c2)n1. The summed E-state index contributed by atoms with van der Waals surface area (Å²) in [5.41, 5.74) is 0.895. The molecule has 26 heavy (non-hydrogen) atoms. The highest BCUT2D eigenvalue weighted by molar-refractivity contribution is 5.90. The Labute approximate surface area is 151 Å². The second-order valence-corrected chi connectivity index (χ2v) is 6.05. The van der Waals surface area contributed by atoms with Gasteiger partial charge in [0, 0.05) is 18.0 Å². The van der Waals surface area contributed by atoms with Crippen LogP contribution in [0, 0.1) is 11.3 Å². The lowest BCUT2D eigenvalue weighted by molar-refractivity contribution is -0.117. The van der Waals surface area contributed by atoms with E-state index in [0.717, 1.165) is 6.42 Å². The molecule has 8 nitrogen and oxygen atoms in total. The highest BCUT2D eigenvalue weighted by Gasteiger charge is 2.24. The Bertz CT molecular complexity index is 824. The molecule has 0 saturated carbocycles. The highest BCUT2D eigenvalue weighted by atomic mass is 16.5. The number of amides is 2. The first kappa shape index (κ1) is 19.1.